The lowest BCUT2D eigenvalue weighted by atomic mass is 10.3. The van der Waals surface area contributed by atoms with Gasteiger partial charge in [-0.1, -0.05) is 18.2 Å². The van der Waals surface area contributed by atoms with Crippen LogP contribution in [0.5, 0.6) is 18.0 Å². The van der Waals surface area contributed by atoms with Crippen molar-refractivity contribution in [2.75, 3.05) is 19.5 Å². The molecule has 0 radical (unpaired) electrons. The van der Waals surface area contributed by atoms with Gasteiger partial charge in [0, 0.05) is 5.69 Å². The summed E-state index contributed by atoms with van der Waals surface area (Å²) < 4.78 is 14.6. The molecule has 0 atom stereocenters. The summed E-state index contributed by atoms with van der Waals surface area (Å²) in [6, 6.07) is 8.58. The molecule has 0 aliphatic carbocycles. The van der Waals surface area contributed by atoms with Gasteiger partial charge in [0.15, 0.2) is 0 Å². The van der Waals surface area contributed by atoms with Crippen molar-refractivity contribution in [2.24, 2.45) is 0 Å². The largest absolute Gasteiger partial charge is 0.467 e. The molecule has 0 fully saturated rings. The van der Waals surface area contributed by atoms with E-state index in [9.17, 15) is 4.79 Å². The number of para-hydroxylation sites is 1. The van der Waals surface area contributed by atoms with Crippen LogP contribution < -0.4 is 19.5 Å². The summed E-state index contributed by atoms with van der Waals surface area (Å²) in [4.78, 5) is 23.0. The topological polar surface area (TPSA) is 95.5 Å². The number of amides is 1. The number of hydrogen-bond donors (Lipinski definition) is 1. The lowest BCUT2D eigenvalue weighted by molar-refractivity contribution is 0.209. The molecule has 8 heteroatoms. The van der Waals surface area contributed by atoms with Crippen LogP contribution in [0.3, 0.4) is 0 Å². The molecule has 0 unspecified atom stereocenters. The van der Waals surface area contributed by atoms with Crippen molar-refractivity contribution in [3.05, 3.63) is 30.3 Å². The Morgan fingerprint density at radius 2 is 1.50 bits per heavy atom. The normalized spacial score (nSPS) is 9.70. The molecule has 0 spiro atoms. The van der Waals surface area contributed by atoms with E-state index in [1.54, 1.807) is 24.3 Å². The molecular formula is C12H12N4O4. The second kappa shape index (κ2) is 6.32. The number of ether oxygens (including phenoxy) is 3. The smallest absolute Gasteiger partial charge is 0.419 e. The summed E-state index contributed by atoms with van der Waals surface area (Å²) in [7, 11) is 2.76. The molecule has 2 rings (SSSR count). The molecule has 0 saturated heterocycles. The lowest BCUT2D eigenvalue weighted by Gasteiger charge is -2.06. The van der Waals surface area contributed by atoms with Gasteiger partial charge in [-0.25, -0.2) is 4.79 Å². The van der Waals surface area contributed by atoms with E-state index >= 15 is 0 Å². The summed E-state index contributed by atoms with van der Waals surface area (Å²) in [5.41, 5.74) is 0.588. The highest BCUT2D eigenvalue weighted by molar-refractivity contribution is 5.85. The van der Waals surface area contributed by atoms with Crippen LogP contribution in [0.15, 0.2) is 30.3 Å². The number of rotatable bonds is 4. The van der Waals surface area contributed by atoms with Gasteiger partial charge in [-0.15, -0.1) is 15.0 Å². The van der Waals surface area contributed by atoms with Gasteiger partial charge in [0.25, 0.3) is 0 Å². The van der Waals surface area contributed by atoms with Crippen molar-refractivity contribution in [2.45, 2.75) is 0 Å². The summed E-state index contributed by atoms with van der Waals surface area (Å²) in [5.74, 6) is 0. The highest BCUT2D eigenvalue weighted by atomic mass is 16.6. The number of carbonyl (C=O) groups is 1. The quantitative estimate of drug-likeness (QED) is 0.903. The van der Waals surface area contributed by atoms with Gasteiger partial charge in [0.2, 0.25) is 0 Å². The third-order valence-corrected chi connectivity index (χ3v) is 2.14. The fraction of sp³-hybridized carbons (Fsp3) is 0.167. The van der Waals surface area contributed by atoms with E-state index in [1.165, 1.54) is 14.2 Å². The maximum Gasteiger partial charge on any atom is 0.419 e. The Morgan fingerprint density at radius 1 is 0.950 bits per heavy atom. The Morgan fingerprint density at radius 3 is 2.05 bits per heavy atom. The first-order valence-corrected chi connectivity index (χ1v) is 5.59. The molecule has 0 aliphatic rings. The van der Waals surface area contributed by atoms with E-state index in [1.807, 2.05) is 6.07 Å². The summed E-state index contributed by atoms with van der Waals surface area (Å²) in [6.45, 7) is 0. The van der Waals surface area contributed by atoms with E-state index in [2.05, 4.69) is 20.3 Å². The predicted octanol–water partition coefficient (Wildman–Crippen LogP) is 1.50. The zero-order valence-electron chi connectivity index (χ0n) is 10.9. The van der Waals surface area contributed by atoms with Gasteiger partial charge in [0.05, 0.1) is 14.2 Å². The van der Waals surface area contributed by atoms with Crippen molar-refractivity contribution < 1.29 is 19.0 Å². The fourth-order valence-electron chi connectivity index (χ4n) is 1.30. The number of methoxy groups -OCH3 is 2. The number of aromatic nitrogens is 3. The second-order valence-corrected chi connectivity index (χ2v) is 3.47. The van der Waals surface area contributed by atoms with Crippen LogP contribution in [0.2, 0.25) is 0 Å². The Bertz CT molecular complexity index is 569. The molecule has 0 saturated carbocycles. The van der Waals surface area contributed by atoms with E-state index in [0.717, 1.165) is 0 Å². The molecule has 104 valence electrons. The minimum atomic E-state index is -0.730. The van der Waals surface area contributed by atoms with Crippen LogP contribution in [0.1, 0.15) is 0 Å². The SMILES string of the molecule is COc1nc(OC)nc(OC(=O)Nc2ccccc2)n1. The van der Waals surface area contributed by atoms with Gasteiger partial charge in [0.1, 0.15) is 0 Å². The molecule has 2 aromatic rings. The lowest BCUT2D eigenvalue weighted by Crippen LogP contribution is -2.18. The molecule has 1 aromatic carbocycles. The molecule has 1 N–H and O–H groups in total. The van der Waals surface area contributed by atoms with E-state index in [-0.39, 0.29) is 18.0 Å². The minimum Gasteiger partial charge on any atom is -0.467 e. The number of hydrogen-bond acceptors (Lipinski definition) is 7. The summed E-state index contributed by atoms with van der Waals surface area (Å²) in [6.07, 6.45) is -0.730. The minimum absolute atomic E-state index is 0.0145. The van der Waals surface area contributed by atoms with Gasteiger partial charge in [-0.3, -0.25) is 5.32 Å². The molecule has 0 bridgehead atoms. The zero-order chi connectivity index (χ0) is 14.4. The Labute approximate surface area is 114 Å². The standard InChI is InChI=1S/C12H12N4O4/c1-18-9-14-10(19-2)16-11(15-9)20-12(17)13-8-6-4-3-5-7-8/h3-7H,1-2H3,(H,13,17). The van der Waals surface area contributed by atoms with Crippen LogP contribution >= 0.6 is 0 Å². The van der Waals surface area contributed by atoms with Gasteiger partial charge in [-0.05, 0) is 12.1 Å². The molecule has 1 heterocycles. The molecule has 8 nitrogen and oxygen atoms in total. The van der Waals surface area contributed by atoms with Crippen molar-refractivity contribution in [1.29, 1.82) is 0 Å². The van der Waals surface area contributed by atoms with E-state index < -0.39 is 6.09 Å². The first-order chi connectivity index (χ1) is 9.71. The van der Waals surface area contributed by atoms with Crippen LogP contribution in [0.25, 0.3) is 0 Å². The molecule has 0 aliphatic heterocycles. The zero-order valence-corrected chi connectivity index (χ0v) is 10.9. The maximum atomic E-state index is 11.7. The first kappa shape index (κ1) is 13.5. The predicted molar refractivity (Wildman–Crippen MR) is 69.0 cm³/mol. The average molecular weight is 276 g/mol. The molecule has 1 amide bonds. The van der Waals surface area contributed by atoms with Crippen molar-refractivity contribution in [1.82, 2.24) is 15.0 Å². The van der Waals surface area contributed by atoms with Crippen molar-refractivity contribution in [3.63, 3.8) is 0 Å². The Kier molecular flexibility index (Phi) is 4.28. The van der Waals surface area contributed by atoms with Crippen molar-refractivity contribution >= 4 is 11.8 Å². The number of nitrogens with zero attached hydrogens (tertiary/aromatic N) is 3. The van der Waals surface area contributed by atoms with E-state index in [4.69, 9.17) is 14.2 Å². The monoisotopic (exact) mass is 276 g/mol. The third-order valence-electron chi connectivity index (χ3n) is 2.14. The van der Waals surface area contributed by atoms with Crippen LogP contribution in [0.4, 0.5) is 10.5 Å². The summed E-state index contributed by atoms with van der Waals surface area (Å²) >= 11 is 0. The Hall–Kier alpha value is -2.90. The van der Waals surface area contributed by atoms with Gasteiger partial charge in [-0.2, -0.15) is 0 Å². The summed E-state index contributed by atoms with van der Waals surface area (Å²) in [5, 5.41) is 2.52. The van der Waals surface area contributed by atoms with Gasteiger partial charge >= 0.3 is 24.1 Å². The van der Waals surface area contributed by atoms with Crippen molar-refractivity contribution in [3.8, 4) is 18.0 Å². The van der Waals surface area contributed by atoms with Crippen LogP contribution in [-0.2, 0) is 0 Å². The molecular weight excluding hydrogens is 264 g/mol. The van der Waals surface area contributed by atoms with Crippen LogP contribution in [-0.4, -0.2) is 35.3 Å². The van der Waals surface area contributed by atoms with Crippen LogP contribution in [0, 0.1) is 0 Å². The highest BCUT2D eigenvalue weighted by Crippen LogP contribution is 2.14. The first-order valence-electron chi connectivity index (χ1n) is 5.59. The fourth-order valence-corrected chi connectivity index (χ4v) is 1.30. The highest BCUT2D eigenvalue weighted by Gasteiger charge is 2.12. The number of anilines is 1. The number of carbonyl (C=O) groups excluding carboxylic acids is 1. The second-order valence-electron chi connectivity index (χ2n) is 3.47. The van der Waals surface area contributed by atoms with Gasteiger partial charge < -0.3 is 14.2 Å². The van der Waals surface area contributed by atoms with E-state index in [0.29, 0.717) is 5.69 Å². The number of nitrogens with one attached hydrogen (secondary N) is 1. The average Bonchev–Trinajstić information content (AvgIpc) is 2.47. The maximum absolute atomic E-state index is 11.7. The molecule has 20 heavy (non-hydrogen) atoms. The Balaban J connectivity index is 2.07. The molecule has 1 aromatic heterocycles. The number of benzene rings is 1. The third kappa shape index (κ3) is 3.55.